The molecule has 0 rings (SSSR count). The summed E-state index contributed by atoms with van der Waals surface area (Å²) in [5, 5.41) is 8.64. The summed E-state index contributed by atoms with van der Waals surface area (Å²) < 4.78 is 4.55. The molecule has 0 aliphatic heterocycles. The van der Waals surface area contributed by atoms with Gasteiger partial charge in [0.25, 0.3) is 0 Å². The fourth-order valence-electron chi connectivity index (χ4n) is 0.365. The Morgan fingerprint density at radius 3 is 2.25 bits per heavy atom. The fraction of sp³-hybridized carbons (Fsp3) is 1.00. The van der Waals surface area contributed by atoms with E-state index in [0.717, 1.165) is 12.8 Å². The van der Waals surface area contributed by atoms with Crippen molar-refractivity contribution in [2.45, 2.75) is 26.1 Å². The normalized spacial score (nSPS) is 12.4. The number of methoxy groups -OCH3 is 1. The summed E-state index contributed by atoms with van der Waals surface area (Å²) in [7, 11) is 1.50. The molecule has 0 amide bonds. The molecule has 3 heteroatoms. The maximum atomic E-state index is 8.64. The topological polar surface area (TPSA) is 29.5 Å². The summed E-state index contributed by atoms with van der Waals surface area (Å²) in [6.45, 7) is 2.00. The molecule has 8 heavy (non-hydrogen) atoms. The Labute approximate surface area is 75.5 Å². The molecule has 0 bridgehead atoms. The first-order valence-corrected chi connectivity index (χ1v) is 2.52. The number of hydrogen-bond acceptors (Lipinski definition) is 2. The van der Waals surface area contributed by atoms with E-state index in [9.17, 15) is 0 Å². The van der Waals surface area contributed by atoms with Crippen molar-refractivity contribution in [1.29, 1.82) is 0 Å². The molecular weight excluding hydrogens is 181 g/mol. The van der Waals surface area contributed by atoms with Crippen LogP contribution in [-0.2, 0) is 37.4 Å². The van der Waals surface area contributed by atoms with Gasteiger partial charge in [-0.3, -0.25) is 0 Å². The van der Waals surface area contributed by atoms with Crippen molar-refractivity contribution >= 4 is 0 Å². The van der Waals surface area contributed by atoms with Gasteiger partial charge in [0.1, 0.15) is 0 Å². The molecule has 1 N–H and O–H groups in total. The van der Waals surface area contributed by atoms with Gasteiger partial charge in [-0.25, -0.2) is 0 Å². The molecule has 0 spiro atoms. The third kappa shape index (κ3) is 7.02. The zero-order valence-corrected chi connectivity index (χ0v) is 8.26. The minimum absolute atomic E-state index is 0. The molecule has 0 saturated carbocycles. The smallest absolute Gasteiger partial charge is 0.154 e. The maximum Gasteiger partial charge on any atom is 0.154 e. The van der Waals surface area contributed by atoms with Crippen LogP contribution in [0.4, 0.5) is 0 Å². The molecule has 1 unspecified atom stereocenters. The largest absolute Gasteiger partial charge is 0.368 e. The van der Waals surface area contributed by atoms with E-state index in [1.165, 1.54) is 7.11 Å². The Hall–Kier alpha value is 1.02. The predicted molar refractivity (Wildman–Crippen MR) is 27.9 cm³/mol. The second-order valence-electron chi connectivity index (χ2n) is 1.48. The van der Waals surface area contributed by atoms with Crippen LogP contribution in [0.15, 0.2) is 0 Å². The van der Waals surface area contributed by atoms with Crippen LogP contribution in [0, 0.1) is 0 Å². The molecule has 1 atom stereocenters. The van der Waals surface area contributed by atoms with E-state index in [-0.39, 0.29) is 32.7 Å². The minimum Gasteiger partial charge on any atom is -0.368 e. The van der Waals surface area contributed by atoms with Crippen molar-refractivity contribution in [3.8, 4) is 0 Å². The molecule has 47 valence electrons. The summed E-state index contributed by atoms with van der Waals surface area (Å²) in [5.74, 6) is 0. The van der Waals surface area contributed by atoms with Crippen LogP contribution >= 0.6 is 0 Å². The zero-order valence-electron chi connectivity index (χ0n) is 5.42. The van der Waals surface area contributed by atoms with Gasteiger partial charge in [0, 0.05) is 39.8 Å². The van der Waals surface area contributed by atoms with Gasteiger partial charge in [0.15, 0.2) is 6.29 Å². The molecule has 0 aliphatic rings. The van der Waals surface area contributed by atoms with Crippen molar-refractivity contribution in [3.05, 3.63) is 0 Å². The summed E-state index contributed by atoms with van der Waals surface area (Å²) in [4.78, 5) is 0. The van der Waals surface area contributed by atoms with E-state index in [1.54, 1.807) is 0 Å². The molecule has 0 saturated heterocycles. The Kier molecular flexibility index (Phi) is 11.8. The van der Waals surface area contributed by atoms with Gasteiger partial charge in [-0.2, -0.15) is 0 Å². The monoisotopic (exact) mass is 193 g/mol. The predicted octanol–water partition coefficient (Wildman–Crippen LogP) is 0.749. The van der Waals surface area contributed by atoms with E-state index in [4.69, 9.17) is 5.11 Å². The Bertz CT molecular complexity index is 41.4. The molecular formula is C5H12O2Y. The number of rotatable bonds is 3. The number of ether oxygens (including phenoxy) is 1. The molecule has 0 aromatic rings. The van der Waals surface area contributed by atoms with Crippen LogP contribution in [0.1, 0.15) is 19.8 Å². The third-order valence-electron chi connectivity index (χ3n) is 0.808. The van der Waals surface area contributed by atoms with E-state index < -0.39 is 6.29 Å². The van der Waals surface area contributed by atoms with Gasteiger partial charge in [0.05, 0.1) is 0 Å². The van der Waals surface area contributed by atoms with E-state index in [1.807, 2.05) is 6.92 Å². The Morgan fingerprint density at radius 2 is 2.12 bits per heavy atom. The number of hydrogen-bond donors (Lipinski definition) is 1. The number of aliphatic hydroxyl groups excluding tert-OH is 1. The van der Waals surface area contributed by atoms with Crippen molar-refractivity contribution in [3.63, 3.8) is 0 Å². The average molecular weight is 193 g/mol. The van der Waals surface area contributed by atoms with Gasteiger partial charge in [-0.15, -0.1) is 0 Å². The second kappa shape index (κ2) is 8.02. The molecule has 0 heterocycles. The summed E-state index contributed by atoms with van der Waals surface area (Å²) in [6.07, 6.45) is 1.15. The zero-order chi connectivity index (χ0) is 5.70. The molecule has 0 aromatic carbocycles. The van der Waals surface area contributed by atoms with Gasteiger partial charge >= 0.3 is 0 Å². The van der Waals surface area contributed by atoms with Crippen molar-refractivity contribution in [2.24, 2.45) is 0 Å². The van der Waals surface area contributed by atoms with Gasteiger partial charge < -0.3 is 9.84 Å². The minimum atomic E-state index is -0.551. The standard InChI is InChI=1S/C5H12O2.Y/c1-3-4-5(6)7-2;/h5-6H,3-4H2,1-2H3;. The van der Waals surface area contributed by atoms with Crippen LogP contribution in [0.3, 0.4) is 0 Å². The van der Waals surface area contributed by atoms with E-state index in [2.05, 4.69) is 4.74 Å². The van der Waals surface area contributed by atoms with Crippen LogP contribution in [0.25, 0.3) is 0 Å². The summed E-state index contributed by atoms with van der Waals surface area (Å²) in [5.41, 5.74) is 0. The molecule has 0 aliphatic carbocycles. The van der Waals surface area contributed by atoms with E-state index in [0.29, 0.717) is 0 Å². The first kappa shape index (κ1) is 11.8. The van der Waals surface area contributed by atoms with Crippen molar-refractivity contribution in [1.82, 2.24) is 0 Å². The number of aliphatic hydroxyl groups is 1. The van der Waals surface area contributed by atoms with Gasteiger partial charge in [-0.05, 0) is 6.42 Å². The van der Waals surface area contributed by atoms with Crippen molar-refractivity contribution in [2.75, 3.05) is 7.11 Å². The quantitative estimate of drug-likeness (QED) is 0.670. The van der Waals surface area contributed by atoms with Crippen LogP contribution in [0.5, 0.6) is 0 Å². The first-order chi connectivity index (χ1) is 3.31. The average Bonchev–Trinajstić information content (AvgIpc) is 1.68. The van der Waals surface area contributed by atoms with Crippen LogP contribution in [-0.4, -0.2) is 18.5 Å². The summed E-state index contributed by atoms with van der Waals surface area (Å²) >= 11 is 0. The fourth-order valence-corrected chi connectivity index (χ4v) is 0.365. The van der Waals surface area contributed by atoms with Gasteiger partial charge in [0.2, 0.25) is 0 Å². The van der Waals surface area contributed by atoms with Crippen LogP contribution < -0.4 is 0 Å². The Morgan fingerprint density at radius 1 is 1.62 bits per heavy atom. The molecule has 1 radical (unpaired) electrons. The molecule has 2 nitrogen and oxygen atoms in total. The SMILES string of the molecule is CCCC(O)OC.[Y]. The third-order valence-corrected chi connectivity index (χ3v) is 0.808. The van der Waals surface area contributed by atoms with Gasteiger partial charge in [-0.1, -0.05) is 13.3 Å². The molecule has 0 aromatic heterocycles. The van der Waals surface area contributed by atoms with Crippen molar-refractivity contribution < 1.29 is 42.6 Å². The second-order valence-corrected chi connectivity index (χ2v) is 1.48. The first-order valence-electron chi connectivity index (χ1n) is 2.52. The van der Waals surface area contributed by atoms with E-state index >= 15 is 0 Å². The summed E-state index contributed by atoms with van der Waals surface area (Å²) in [6, 6.07) is 0. The molecule has 0 fully saturated rings. The Balaban J connectivity index is 0. The maximum absolute atomic E-state index is 8.64. The van der Waals surface area contributed by atoms with Crippen LogP contribution in [0.2, 0.25) is 0 Å².